The van der Waals surface area contributed by atoms with E-state index in [-0.39, 0.29) is 5.91 Å². The zero-order chi connectivity index (χ0) is 11.8. The molecule has 1 rings (SSSR count). The summed E-state index contributed by atoms with van der Waals surface area (Å²) < 4.78 is 0. The van der Waals surface area contributed by atoms with Gasteiger partial charge in [-0.05, 0) is 30.5 Å². The Balaban J connectivity index is 2.40. The Bertz CT molecular complexity index is 324. The van der Waals surface area contributed by atoms with E-state index in [1.165, 1.54) is 4.90 Å². The number of carbonyl (C=O) groups excluding carboxylic acids is 1. The Kier molecular flexibility index (Phi) is 5.96. The summed E-state index contributed by atoms with van der Waals surface area (Å²) in [6, 6.07) is 8.29. The highest BCUT2D eigenvalue weighted by molar-refractivity contribution is 7.99. The summed E-state index contributed by atoms with van der Waals surface area (Å²) in [5, 5.41) is 5.66. The van der Waals surface area contributed by atoms with Crippen molar-refractivity contribution in [2.24, 2.45) is 0 Å². The van der Waals surface area contributed by atoms with E-state index >= 15 is 0 Å². The van der Waals surface area contributed by atoms with Gasteiger partial charge in [0.2, 0.25) is 5.91 Å². The number of hydrogen-bond donors (Lipinski definition) is 2. The molecule has 1 aromatic carbocycles. The topological polar surface area (TPSA) is 41.1 Å². The number of benzene rings is 1. The highest BCUT2D eigenvalue weighted by Crippen LogP contribution is 2.17. The SMILES string of the molecule is CCSc1ccc(CNC(=O)CNC)cc1. The van der Waals surface area contributed by atoms with Gasteiger partial charge in [-0.15, -0.1) is 11.8 Å². The molecule has 0 radical (unpaired) electrons. The Morgan fingerprint density at radius 3 is 2.56 bits per heavy atom. The van der Waals surface area contributed by atoms with Crippen LogP contribution in [0, 0.1) is 0 Å². The second-order valence-electron chi connectivity index (χ2n) is 3.38. The molecule has 3 nitrogen and oxygen atoms in total. The Morgan fingerprint density at radius 1 is 1.31 bits per heavy atom. The van der Waals surface area contributed by atoms with Gasteiger partial charge in [-0.3, -0.25) is 4.79 Å². The summed E-state index contributed by atoms with van der Waals surface area (Å²) in [7, 11) is 1.76. The molecule has 0 aliphatic heterocycles. The normalized spacial score (nSPS) is 10.1. The fraction of sp³-hybridized carbons (Fsp3) is 0.417. The summed E-state index contributed by atoms with van der Waals surface area (Å²) >= 11 is 1.82. The van der Waals surface area contributed by atoms with Gasteiger partial charge in [-0.2, -0.15) is 0 Å². The number of amides is 1. The van der Waals surface area contributed by atoms with Crippen molar-refractivity contribution in [3.63, 3.8) is 0 Å². The van der Waals surface area contributed by atoms with Gasteiger partial charge in [-0.1, -0.05) is 19.1 Å². The summed E-state index contributed by atoms with van der Waals surface area (Å²) in [6.07, 6.45) is 0. The maximum Gasteiger partial charge on any atom is 0.234 e. The van der Waals surface area contributed by atoms with Crippen LogP contribution in [0.25, 0.3) is 0 Å². The zero-order valence-corrected chi connectivity index (χ0v) is 10.6. The van der Waals surface area contributed by atoms with E-state index in [0.717, 1.165) is 11.3 Å². The Hall–Kier alpha value is -1.00. The van der Waals surface area contributed by atoms with Crippen LogP contribution in [0.15, 0.2) is 29.2 Å². The minimum Gasteiger partial charge on any atom is -0.351 e. The molecule has 0 saturated carbocycles. The second-order valence-corrected chi connectivity index (χ2v) is 4.72. The minimum atomic E-state index is 0.0227. The Morgan fingerprint density at radius 2 is 2.00 bits per heavy atom. The lowest BCUT2D eigenvalue weighted by Gasteiger charge is -2.05. The average Bonchev–Trinajstić information content (AvgIpc) is 2.29. The molecule has 1 aromatic rings. The predicted molar refractivity (Wildman–Crippen MR) is 68.6 cm³/mol. The smallest absolute Gasteiger partial charge is 0.234 e. The van der Waals surface area contributed by atoms with Gasteiger partial charge in [0, 0.05) is 11.4 Å². The fourth-order valence-electron chi connectivity index (χ4n) is 1.29. The lowest BCUT2D eigenvalue weighted by atomic mass is 10.2. The van der Waals surface area contributed by atoms with Crippen LogP contribution in [0.4, 0.5) is 0 Å². The lowest BCUT2D eigenvalue weighted by molar-refractivity contribution is -0.120. The Labute approximate surface area is 101 Å². The van der Waals surface area contributed by atoms with Crippen LogP contribution < -0.4 is 10.6 Å². The third kappa shape index (κ3) is 4.68. The maximum atomic E-state index is 11.2. The van der Waals surface area contributed by atoms with E-state index in [0.29, 0.717) is 13.1 Å². The molecule has 0 aliphatic carbocycles. The van der Waals surface area contributed by atoms with Gasteiger partial charge in [0.1, 0.15) is 0 Å². The number of carbonyl (C=O) groups is 1. The van der Waals surface area contributed by atoms with Crippen LogP contribution in [-0.2, 0) is 11.3 Å². The van der Waals surface area contributed by atoms with Crippen molar-refractivity contribution in [2.45, 2.75) is 18.4 Å². The van der Waals surface area contributed by atoms with Crippen molar-refractivity contribution in [3.8, 4) is 0 Å². The predicted octanol–water partition coefficient (Wildman–Crippen LogP) is 1.63. The molecule has 2 N–H and O–H groups in total. The standard InChI is InChI=1S/C12H18N2OS/c1-3-16-11-6-4-10(5-7-11)8-14-12(15)9-13-2/h4-7,13H,3,8-9H2,1-2H3,(H,14,15). The second kappa shape index (κ2) is 7.30. The molecule has 0 unspecified atom stereocenters. The highest BCUT2D eigenvalue weighted by Gasteiger charge is 1.99. The average molecular weight is 238 g/mol. The zero-order valence-electron chi connectivity index (χ0n) is 9.75. The molecular formula is C12H18N2OS. The molecule has 0 atom stereocenters. The molecule has 0 heterocycles. The quantitative estimate of drug-likeness (QED) is 0.740. The molecule has 0 aliphatic rings. The molecule has 88 valence electrons. The van der Waals surface area contributed by atoms with Crippen LogP contribution in [-0.4, -0.2) is 25.3 Å². The van der Waals surface area contributed by atoms with Crippen LogP contribution in [0.5, 0.6) is 0 Å². The van der Waals surface area contributed by atoms with Crippen LogP contribution in [0.3, 0.4) is 0 Å². The summed E-state index contributed by atoms with van der Waals surface area (Å²) in [5.41, 5.74) is 1.13. The van der Waals surface area contributed by atoms with E-state index < -0.39 is 0 Å². The monoisotopic (exact) mass is 238 g/mol. The van der Waals surface area contributed by atoms with Gasteiger partial charge in [-0.25, -0.2) is 0 Å². The van der Waals surface area contributed by atoms with Gasteiger partial charge in [0.25, 0.3) is 0 Å². The summed E-state index contributed by atoms with van der Waals surface area (Å²) in [4.78, 5) is 12.5. The summed E-state index contributed by atoms with van der Waals surface area (Å²) in [5.74, 6) is 1.10. The van der Waals surface area contributed by atoms with Crippen molar-refractivity contribution in [3.05, 3.63) is 29.8 Å². The maximum absolute atomic E-state index is 11.2. The van der Waals surface area contributed by atoms with Gasteiger partial charge >= 0.3 is 0 Å². The van der Waals surface area contributed by atoms with Crippen molar-refractivity contribution >= 4 is 17.7 Å². The van der Waals surface area contributed by atoms with Crippen LogP contribution >= 0.6 is 11.8 Å². The molecule has 1 amide bonds. The van der Waals surface area contributed by atoms with Crippen LogP contribution in [0.1, 0.15) is 12.5 Å². The molecular weight excluding hydrogens is 220 g/mol. The summed E-state index contributed by atoms with van der Waals surface area (Å²) in [6.45, 7) is 3.10. The first-order chi connectivity index (χ1) is 7.76. The van der Waals surface area contributed by atoms with Gasteiger partial charge in [0.15, 0.2) is 0 Å². The number of thioether (sulfide) groups is 1. The first-order valence-electron chi connectivity index (χ1n) is 5.39. The van der Waals surface area contributed by atoms with E-state index in [4.69, 9.17) is 0 Å². The van der Waals surface area contributed by atoms with E-state index in [9.17, 15) is 4.79 Å². The first-order valence-corrected chi connectivity index (χ1v) is 6.38. The van der Waals surface area contributed by atoms with Crippen LogP contribution in [0.2, 0.25) is 0 Å². The minimum absolute atomic E-state index is 0.0227. The lowest BCUT2D eigenvalue weighted by Crippen LogP contribution is -2.31. The molecule has 16 heavy (non-hydrogen) atoms. The number of rotatable bonds is 6. The van der Waals surface area contributed by atoms with Crippen molar-refractivity contribution in [2.75, 3.05) is 19.3 Å². The van der Waals surface area contributed by atoms with Crippen molar-refractivity contribution in [1.82, 2.24) is 10.6 Å². The number of likely N-dealkylation sites (N-methyl/N-ethyl adjacent to an activating group) is 1. The number of nitrogens with one attached hydrogen (secondary N) is 2. The molecule has 4 heteroatoms. The molecule has 0 aromatic heterocycles. The van der Waals surface area contributed by atoms with Gasteiger partial charge in [0.05, 0.1) is 6.54 Å². The molecule has 0 fully saturated rings. The van der Waals surface area contributed by atoms with Gasteiger partial charge < -0.3 is 10.6 Å². The molecule has 0 bridgehead atoms. The van der Waals surface area contributed by atoms with E-state index in [2.05, 4.69) is 41.8 Å². The third-order valence-electron chi connectivity index (χ3n) is 2.06. The van der Waals surface area contributed by atoms with E-state index in [1.807, 2.05) is 11.8 Å². The van der Waals surface area contributed by atoms with Crippen molar-refractivity contribution < 1.29 is 4.79 Å². The number of hydrogen-bond acceptors (Lipinski definition) is 3. The highest BCUT2D eigenvalue weighted by atomic mass is 32.2. The largest absolute Gasteiger partial charge is 0.351 e. The van der Waals surface area contributed by atoms with Crippen molar-refractivity contribution in [1.29, 1.82) is 0 Å². The molecule has 0 saturated heterocycles. The first kappa shape index (κ1) is 13.1. The molecule has 0 spiro atoms. The fourth-order valence-corrected chi connectivity index (χ4v) is 1.96. The van der Waals surface area contributed by atoms with E-state index in [1.54, 1.807) is 7.05 Å². The third-order valence-corrected chi connectivity index (χ3v) is 2.96.